The van der Waals surface area contributed by atoms with Gasteiger partial charge in [0, 0.05) is 0 Å². The number of halogens is 2. The molecule has 4 nitrogen and oxygen atoms in total. The van der Waals surface area contributed by atoms with E-state index in [2.05, 4.69) is 4.65 Å². The third-order valence-corrected chi connectivity index (χ3v) is 1.15. The third kappa shape index (κ3) is 11.1. The predicted molar refractivity (Wildman–Crippen MR) is 45.7 cm³/mol. The second-order valence-corrected chi connectivity index (χ2v) is 4.18. The molecule has 11 heavy (non-hydrogen) atoms. The van der Waals surface area contributed by atoms with Crippen LogP contribution in [0.25, 0.3) is 0 Å². The van der Waals surface area contributed by atoms with Crippen molar-refractivity contribution in [3.63, 3.8) is 0 Å². The van der Waals surface area contributed by atoms with Crippen molar-refractivity contribution >= 4 is 47.5 Å². The summed E-state index contributed by atoms with van der Waals surface area (Å²) in [6.07, 6.45) is -0.0419. The van der Waals surface area contributed by atoms with Gasteiger partial charge in [-0.15, -0.1) is 11.6 Å². The monoisotopic (exact) mass is 286 g/mol. The van der Waals surface area contributed by atoms with Gasteiger partial charge in [-0.2, -0.15) is 0 Å². The molecule has 1 unspecified atom stereocenters. The van der Waals surface area contributed by atoms with Crippen molar-refractivity contribution < 1.29 is 39.8 Å². The van der Waals surface area contributed by atoms with E-state index in [9.17, 15) is 4.79 Å². The Morgan fingerprint density at radius 3 is 2.55 bits per heavy atom. The zero-order chi connectivity index (χ0) is 8.15. The Balaban J connectivity index is -0.000000405. The Bertz CT molecular complexity index is 117. The van der Waals surface area contributed by atoms with Crippen molar-refractivity contribution in [2.75, 3.05) is 0 Å². The van der Waals surface area contributed by atoms with E-state index in [4.69, 9.17) is 21.6 Å². The van der Waals surface area contributed by atoms with Crippen molar-refractivity contribution in [1.29, 1.82) is 0 Å². The Kier molecular flexibility index (Phi) is 10.2. The molecule has 0 amide bonds. The van der Waals surface area contributed by atoms with Crippen LogP contribution in [0.2, 0.25) is 0 Å². The number of carbonyl (C=O) groups excluding carboxylic acids is 1. The minimum Gasteiger partial charge on any atom is -1.00 e. The zero-order valence-electron chi connectivity index (χ0n) is 6.83. The first-order valence-corrected chi connectivity index (χ1v) is 4.04. The Hall–Kier alpha value is 1.07. The van der Waals surface area contributed by atoms with Gasteiger partial charge in [0.25, 0.3) is 5.97 Å². The molecule has 0 aliphatic heterocycles. The Morgan fingerprint density at radius 2 is 2.27 bits per heavy atom. The summed E-state index contributed by atoms with van der Waals surface area (Å²) in [5.41, 5.74) is 0. The topological polar surface area (TPSA) is 66.8 Å². The van der Waals surface area contributed by atoms with Gasteiger partial charge >= 0.3 is 26.2 Å². The maximum atomic E-state index is 10.4. The molecule has 2 N–H and O–H groups in total. The van der Waals surface area contributed by atoms with E-state index >= 15 is 0 Å². The maximum absolute atomic E-state index is 10.4. The van der Waals surface area contributed by atoms with Gasteiger partial charge in [-0.3, -0.25) is 4.79 Å². The largest absolute Gasteiger partial charge is 1.00 e. The molecule has 0 bridgehead atoms. The molecule has 1 atom stereocenters. The normalized spacial score (nSPS) is 11.3. The molecular weight excluding hydrogens is 280 g/mol. The summed E-state index contributed by atoms with van der Waals surface area (Å²) in [4.78, 5) is 10.4. The molecule has 0 aromatic carbocycles. The van der Waals surface area contributed by atoms with Gasteiger partial charge in [-0.05, 0) is 0 Å². The van der Waals surface area contributed by atoms with E-state index in [1.165, 1.54) is 0 Å². The summed E-state index contributed by atoms with van der Waals surface area (Å²) in [7, 11) is -2.04. The minimum atomic E-state index is -2.04. The van der Waals surface area contributed by atoms with E-state index in [-0.39, 0.29) is 30.1 Å². The summed E-state index contributed by atoms with van der Waals surface area (Å²) in [6.45, 7) is 0. The molecule has 0 saturated carbocycles. The average molecular weight is 286 g/mol. The van der Waals surface area contributed by atoms with Crippen LogP contribution in [0.5, 0.6) is 0 Å². The van der Waals surface area contributed by atoms with Crippen molar-refractivity contribution in [1.82, 2.24) is 0 Å². The van der Waals surface area contributed by atoms with Crippen LogP contribution in [0.15, 0.2) is 0 Å². The third-order valence-electron chi connectivity index (χ3n) is 0.558. The van der Waals surface area contributed by atoms with Crippen molar-refractivity contribution in [3.8, 4) is 0 Å². The Labute approximate surface area is 96.6 Å². The molecule has 0 spiro atoms. The molecule has 8 heteroatoms. The molecule has 0 heterocycles. The van der Waals surface area contributed by atoms with Crippen LogP contribution in [0, 0.1) is 0 Å². The Morgan fingerprint density at radius 1 is 1.82 bits per heavy atom. The first-order chi connectivity index (χ1) is 4.52. The standard InChI is InChI=1S/C3H5BClIO4.Li.H/c5-2(6)1-3(7)10-4(8)9;;/h2,8-9H,1H2;;/q;+1;-1. The van der Waals surface area contributed by atoms with Gasteiger partial charge in [-0.1, -0.05) is 22.6 Å². The van der Waals surface area contributed by atoms with Crippen LogP contribution in [0.4, 0.5) is 0 Å². The number of hydrogen-bond donors (Lipinski definition) is 2. The smallest absolute Gasteiger partial charge is 1.00 e. The van der Waals surface area contributed by atoms with Gasteiger partial charge < -0.3 is 16.1 Å². The molecule has 0 rings (SSSR count). The number of alkyl halides is 2. The van der Waals surface area contributed by atoms with Crippen LogP contribution >= 0.6 is 34.2 Å². The SMILES string of the molecule is O=C(CC(Cl)I)OB(O)O.[H-].[Li+]. The van der Waals surface area contributed by atoms with Gasteiger partial charge in [0.05, 0.1) is 9.80 Å². The molecule has 0 radical (unpaired) electrons. The fraction of sp³-hybridized carbons (Fsp3) is 0.667. The van der Waals surface area contributed by atoms with Crippen molar-refractivity contribution in [2.24, 2.45) is 0 Å². The number of rotatable bonds is 3. The summed E-state index contributed by atoms with van der Waals surface area (Å²) in [5, 5.41) is 16.2. The summed E-state index contributed by atoms with van der Waals surface area (Å²) in [6, 6.07) is 0. The average Bonchev–Trinajstić information content (AvgIpc) is 1.58. The van der Waals surface area contributed by atoms with E-state index < -0.39 is 13.3 Å². The number of hydrogen-bond acceptors (Lipinski definition) is 4. The van der Waals surface area contributed by atoms with Gasteiger partial charge in [0.2, 0.25) is 0 Å². The molecule has 0 saturated heterocycles. The fourth-order valence-corrected chi connectivity index (χ4v) is 0.777. The first-order valence-electron chi connectivity index (χ1n) is 2.36. The molecular formula is C3H6BClILiO4. The van der Waals surface area contributed by atoms with E-state index in [0.717, 1.165) is 0 Å². The summed E-state index contributed by atoms with van der Waals surface area (Å²) >= 11 is 7.18. The fourth-order valence-electron chi connectivity index (χ4n) is 0.292. The van der Waals surface area contributed by atoms with Crippen molar-refractivity contribution in [2.45, 2.75) is 9.80 Å². The second-order valence-electron chi connectivity index (χ2n) is 1.41. The van der Waals surface area contributed by atoms with Gasteiger partial charge in [0.15, 0.2) is 0 Å². The second kappa shape index (κ2) is 7.71. The van der Waals surface area contributed by atoms with Crippen LogP contribution in [-0.4, -0.2) is 26.7 Å². The van der Waals surface area contributed by atoms with Crippen LogP contribution < -0.4 is 18.9 Å². The molecule has 0 aromatic heterocycles. The minimum absolute atomic E-state index is 0. The van der Waals surface area contributed by atoms with Crippen LogP contribution in [0.1, 0.15) is 7.85 Å². The quantitative estimate of drug-likeness (QED) is 0.330. The zero-order valence-corrected chi connectivity index (χ0v) is 8.74. The van der Waals surface area contributed by atoms with Gasteiger partial charge in [0.1, 0.15) is 0 Å². The summed E-state index contributed by atoms with van der Waals surface area (Å²) < 4.78 is 3.56. The molecule has 0 aliphatic rings. The van der Waals surface area contributed by atoms with Crippen LogP contribution in [-0.2, 0) is 9.45 Å². The maximum Gasteiger partial charge on any atom is 1.00 e. The molecule has 0 aromatic rings. The van der Waals surface area contributed by atoms with Crippen molar-refractivity contribution in [3.05, 3.63) is 0 Å². The van der Waals surface area contributed by atoms with Gasteiger partial charge in [-0.25, -0.2) is 0 Å². The predicted octanol–water partition coefficient (Wildman–Crippen LogP) is -2.99. The molecule has 0 fully saturated rings. The first kappa shape index (κ1) is 14.6. The number of carbonyl (C=O) groups is 1. The van der Waals surface area contributed by atoms with E-state index in [0.29, 0.717) is 0 Å². The van der Waals surface area contributed by atoms with E-state index in [1.54, 1.807) is 22.6 Å². The van der Waals surface area contributed by atoms with E-state index in [1.807, 2.05) is 0 Å². The molecule has 60 valence electrons. The molecule has 0 aliphatic carbocycles. The van der Waals surface area contributed by atoms with Crippen LogP contribution in [0.3, 0.4) is 0 Å². The summed E-state index contributed by atoms with van der Waals surface area (Å²) in [5.74, 6) is -0.732.